The zero-order chi connectivity index (χ0) is 14.5. The van der Waals surface area contributed by atoms with Crippen LogP contribution in [-0.2, 0) is 13.0 Å². The first-order valence-corrected chi connectivity index (χ1v) is 6.65. The molecule has 0 radical (unpaired) electrons. The molecule has 20 heavy (non-hydrogen) atoms. The maximum Gasteiger partial charge on any atom is 0.257 e. The minimum Gasteiger partial charge on any atom is -0.364 e. The van der Waals surface area contributed by atoms with E-state index in [1.165, 1.54) is 17.8 Å². The Bertz CT molecular complexity index is 657. The molecule has 1 amide bonds. The van der Waals surface area contributed by atoms with Crippen LogP contribution in [0.4, 0.5) is 0 Å². The van der Waals surface area contributed by atoms with Crippen molar-refractivity contribution in [2.45, 2.75) is 26.8 Å². The van der Waals surface area contributed by atoms with Crippen molar-refractivity contribution >= 4 is 5.91 Å². The summed E-state index contributed by atoms with van der Waals surface area (Å²) < 4.78 is 0. The van der Waals surface area contributed by atoms with Crippen molar-refractivity contribution in [1.82, 2.24) is 10.3 Å². The first-order valence-electron chi connectivity index (χ1n) is 6.65. The van der Waals surface area contributed by atoms with Gasteiger partial charge in [0.05, 0.1) is 0 Å². The van der Waals surface area contributed by atoms with Crippen LogP contribution in [0.3, 0.4) is 0 Å². The van der Waals surface area contributed by atoms with Crippen LogP contribution in [0.25, 0.3) is 0 Å². The first-order chi connectivity index (χ1) is 9.60. The van der Waals surface area contributed by atoms with Gasteiger partial charge in [0, 0.05) is 24.5 Å². The van der Waals surface area contributed by atoms with Crippen molar-refractivity contribution in [3.8, 4) is 0 Å². The molecule has 0 aliphatic carbocycles. The Morgan fingerprint density at radius 3 is 2.45 bits per heavy atom. The number of pyridine rings is 1. The van der Waals surface area contributed by atoms with Gasteiger partial charge in [0.15, 0.2) is 5.43 Å². The fraction of sp³-hybridized carbons (Fsp3) is 0.250. The normalized spacial score (nSPS) is 10.3. The number of hydrogen-bond acceptors (Lipinski definition) is 2. The van der Waals surface area contributed by atoms with Crippen LogP contribution >= 0.6 is 0 Å². The Balaban J connectivity index is 2.02. The number of aryl methyl sites for hydroxylation is 2. The summed E-state index contributed by atoms with van der Waals surface area (Å²) in [7, 11) is 0. The van der Waals surface area contributed by atoms with Crippen LogP contribution in [0.15, 0.2) is 41.3 Å². The van der Waals surface area contributed by atoms with Crippen LogP contribution in [0.5, 0.6) is 0 Å². The van der Waals surface area contributed by atoms with Gasteiger partial charge in [-0.25, -0.2) is 0 Å². The highest BCUT2D eigenvalue weighted by Crippen LogP contribution is 2.05. The molecule has 1 heterocycles. The summed E-state index contributed by atoms with van der Waals surface area (Å²) in [6, 6.07) is 9.47. The molecule has 0 aliphatic rings. The molecule has 1 aromatic carbocycles. The summed E-state index contributed by atoms with van der Waals surface area (Å²) in [5.74, 6) is -0.356. The highest BCUT2D eigenvalue weighted by atomic mass is 16.2. The third-order valence-electron chi connectivity index (χ3n) is 3.19. The average Bonchev–Trinajstić information content (AvgIpc) is 2.45. The number of H-pyrrole nitrogens is 1. The predicted octanol–water partition coefficient (Wildman–Crippen LogP) is 2.18. The van der Waals surface area contributed by atoms with E-state index in [0.717, 1.165) is 17.7 Å². The van der Waals surface area contributed by atoms with Gasteiger partial charge in [-0.2, -0.15) is 0 Å². The van der Waals surface area contributed by atoms with Crippen molar-refractivity contribution < 1.29 is 4.79 Å². The van der Waals surface area contributed by atoms with E-state index >= 15 is 0 Å². The minimum atomic E-state index is -0.356. The van der Waals surface area contributed by atoms with Crippen molar-refractivity contribution in [1.29, 1.82) is 0 Å². The number of rotatable bonds is 4. The number of benzene rings is 1. The Morgan fingerprint density at radius 1 is 1.20 bits per heavy atom. The Kier molecular flexibility index (Phi) is 4.35. The zero-order valence-electron chi connectivity index (χ0n) is 11.7. The SMILES string of the molecule is CCc1ccc(CNC(=O)c2c[nH]c(C)cc2=O)cc1. The first kappa shape index (κ1) is 14.1. The van der Waals surface area contributed by atoms with Crippen LogP contribution in [0, 0.1) is 6.92 Å². The molecule has 0 spiro atoms. The molecule has 0 bridgehead atoms. The summed E-state index contributed by atoms with van der Waals surface area (Å²) in [6.45, 7) is 4.29. The van der Waals surface area contributed by atoms with Gasteiger partial charge < -0.3 is 10.3 Å². The number of nitrogens with one attached hydrogen (secondary N) is 2. The minimum absolute atomic E-state index is 0.140. The monoisotopic (exact) mass is 270 g/mol. The molecule has 0 atom stereocenters. The average molecular weight is 270 g/mol. The number of aromatic amines is 1. The number of amides is 1. The Labute approximate surface area is 117 Å². The third kappa shape index (κ3) is 3.35. The molecule has 2 aromatic rings. The third-order valence-corrected chi connectivity index (χ3v) is 3.19. The summed E-state index contributed by atoms with van der Waals surface area (Å²) in [5.41, 5.74) is 2.89. The Hall–Kier alpha value is -2.36. The molecule has 0 saturated heterocycles. The van der Waals surface area contributed by atoms with Gasteiger partial charge in [-0.15, -0.1) is 0 Å². The van der Waals surface area contributed by atoms with Gasteiger partial charge in [-0.1, -0.05) is 31.2 Å². The van der Waals surface area contributed by atoms with E-state index in [0.29, 0.717) is 6.54 Å². The molecular weight excluding hydrogens is 252 g/mol. The highest BCUT2D eigenvalue weighted by molar-refractivity contribution is 5.93. The maximum atomic E-state index is 11.9. The maximum absolute atomic E-state index is 11.9. The fourth-order valence-corrected chi connectivity index (χ4v) is 1.92. The van der Waals surface area contributed by atoms with Crippen molar-refractivity contribution in [3.05, 3.63) is 69.1 Å². The summed E-state index contributed by atoms with van der Waals surface area (Å²) >= 11 is 0. The number of carbonyl (C=O) groups excluding carboxylic acids is 1. The number of carbonyl (C=O) groups is 1. The molecule has 0 fully saturated rings. The standard InChI is InChI=1S/C16H18N2O2/c1-3-12-4-6-13(7-5-12)9-18-16(20)14-10-17-11(2)8-15(14)19/h4-8,10H,3,9H2,1-2H3,(H,17,19)(H,18,20). The molecule has 0 aliphatic heterocycles. The second kappa shape index (κ2) is 6.19. The molecule has 2 N–H and O–H groups in total. The van der Waals surface area contributed by atoms with Gasteiger partial charge in [-0.3, -0.25) is 9.59 Å². The van der Waals surface area contributed by atoms with E-state index in [1.807, 2.05) is 24.3 Å². The molecule has 1 aromatic heterocycles. The quantitative estimate of drug-likeness (QED) is 0.894. The topological polar surface area (TPSA) is 62.0 Å². The molecule has 0 unspecified atom stereocenters. The molecule has 4 nitrogen and oxygen atoms in total. The van der Waals surface area contributed by atoms with Gasteiger partial charge >= 0.3 is 0 Å². The van der Waals surface area contributed by atoms with E-state index in [1.54, 1.807) is 6.92 Å². The van der Waals surface area contributed by atoms with E-state index in [4.69, 9.17) is 0 Å². The van der Waals surface area contributed by atoms with E-state index in [-0.39, 0.29) is 16.9 Å². The van der Waals surface area contributed by atoms with Crippen molar-refractivity contribution in [3.63, 3.8) is 0 Å². The molecular formula is C16H18N2O2. The smallest absolute Gasteiger partial charge is 0.257 e. The lowest BCUT2D eigenvalue weighted by atomic mass is 10.1. The van der Waals surface area contributed by atoms with E-state index < -0.39 is 0 Å². The van der Waals surface area contributed by atoms with Crippen molar-refractivity contribution in [2.75, 3.05) is 0 Å². The highest BCUT2D eigenvalue weighted by Gasteiger charge is 2.09. The molecule has 104 valence electrons. The lowest BCUT2D eigenvalue weighted by molar-refractivity contribution is 0.0949. The van der Waals surface area contributed by atoms with Gasteiger partial charge in [0.25, 0.3) is 5.91 Å². The summed E-state index contributed by atoms with van der Waals surface area (Å²) in [5, 5.41) is 2.75. The number of hydrogen-bond donors (Lipinski definition) is 2. The van der Waals surface area contributed by atoms with Gasteiger partial charge in [0.1, 0.15) is 5.56 Å². The number of aromatic nitrogens is 1. The second-order valence-electron chi connectivity index (χ2n) is 4.75. The molecule has 4 heteroatoms. The molecule has 0 saturated carbocycles. The largest absolute Gasteiger partial charge is 0.364 e. The summed E-state index contributed by atoms with van der Waals surface area (Å²) in [6.07, 6.45) is 2.44. The van der Waals surface area contributed by atoms with Crippen LogP contribution in [0.2, 0.25) is 0 Å². The van der Waals surface area contributed by atoms with Gasteiger partial charge in [-0.05, 0) is 24.5 Å². The lowest BCUT2D eigenvalue weighted by Crippen LogP contribution is -2.28. The second-order valence-corrected chi connectivity index (χ2v) is 4.75. The zero-order valence-corrected chi connectivity index (χ0v) is 11.7. The molecule has 2 rings (SSSR count). The Morgan fingerprint density at radius 2 is 1.85 bits per heavy atom. The van der Waals surface area contributed by atoms with Crippen LogP contribution in [-0.4, -0.2) is 10.9 Å². The van der Waals surface area contributed by atoms with E-state index in [2.05, 4.69) is 17.2 Å². The summed E-state index contributed by atoms with van der Waals surface area (Å²) in [4.78, 5) is 26.5. The van der Waals surface area contributed by atoms with E-state index in [9.17, 15) is 9.59 Å². The fourth-order valence-electron chi connectivity index (χ4n) is 1.92. The van der Waals surface area contributed by atoms with Crippen molar-refractivity contribution in [2.24, 2.45) is 0 Å². The van der Waals surface area contributed by atoms with Gasteiger partial charge in [0.2, 0.25) is 0 Å². The lowest BCUT2D eigenvalue weighted by Gasteiger charge is -2.06. The predicted molar refractivity (Wildman–Crippen MR) is 78.8 cm³/mol. The van der Waals surface area contributed by atoms with Crippen LogP contribution < -0.4 is 10.7 Å². The van der Waals surface area contributed by atoms with Crippen LogP contribution in [0.1, 0.15) is 34.1 Å².